The number of rotatable bonds is 5. The Morgan fingerprint density at radius 1 is 1.47 bits per heavy atom. The molecule has 0 aliphatic rings. The van der Waals surface area contributed by atoms with Gasteiger partial charge in [0.15, 0.2) is 17.3 Å². The smallest absolute Gasteiger partial charge is 0.182 e. The van der Waals surface area contributed by atoms with Crippen molar-refractivity contribution in [2.45, 2.75) is 6.10 Å². The highest BCUT2D eigenvalue weighted by Gasteiger charge is 2.22. The van der Waals surface area contributed by atoms with E-state index in [1.165, 1.54) is 20.3 Å². The number of hydrogen-bond acceptors (Lipinski definition) is 4. The first-order valence-corrected chi connectivity index (χ1v) is 5.37. The molecule has 4 nitrogen and oxygen atoms in total. The van der Waals surface area contributed by atoms with Crippen LogP contribution in [0.15, 0.2) is 6.07 Å². The van der Waals surface area contributed by atoms with Crippen molar-refractivity contribution < 1.29 is 19.0 Å². The number of likely N-dealkylation sites (N-methyl/N-ethyl adjacent to an activating group) is 1. The summed E-state index contributed by atoms with van der Waals surface area (Å²) in [5, 5.41) is 12.3. The number of benzene rings is 1. The molecule has 1 unspecified atom stereocenters. The number of hydrogen-bond donors (Lipinski definition) is 2. The maximum atomic E-state index is 13.9. The molecule has 0 amide bonds. The summed E-state index contributed by atoms with van der Waals surface area (Å²) < 4.78 is 23.9. The number of aliphatic hydroxyl groups excluding tert-OH is 1. The first kappa shape index (κ1) is 14.0. The van der Waals surface area contributed by atoms with Gasteiger partial charge in [-0.15, -0.1) is 0 Å². The molecule has 0 saturated carbocycles. The third-order valence-corrected chi connectivity index (χ3v) is 2.67. The summed E-state index contributed by atoms with van der Waals surface area (Å²) in [6.07, 6.45) is -1.00. The molecule has 17 heavy (non-hydrogen) atoms. The van der Waals surface area contributed by atoms with E-state index in [-0.39, 0.29) is 28.6 Å². The molecule has 0 aliphatic heterocycles. The van der Waals surface area contributed by atoms with Crippen LogP contribution in [-0.2, 0) is 0 Å². The zero-order valence-corrected chi connectivity index (χ0v) is 10.6. The summed E-state index contributed by atoms with van der Waals surface area (Å²) in [5.41, 5.74) is 0.0713. The van der Waals surface area contributed by atoms with Crippen LogP contribution in [0.2, 0.25) is 5.02 Å². The standard InChI is InChI=1S/C11H15ClFNO3/c1-14-5-7(15)6-4-8(16-2)11(17-3)9(12)10(6)13/h4,7,14-15H,5H2,1-3H3. The lowest BCUT2D eigenvalue weighted by Crippen LogP contribution is -2.18. The Morgan fingerprint density at radius 3 is 2.59 bits per heavy atom. The van der Waals surface area contributed by atoms with E-state index in [0.29, 0.717) is 0 Å². The van der Waals surface area contributed by atoms with Crippen molar-refractivity contribution in [1.82, 2.24) is 5.32 Å². The van der Waals surface area contributed by atoms with Crippen molar-refractivity contribution in [3.05, 3.63) is 22.5 Å². The molecule has 2 N–H and O–H groups in total. The molecule has 0 aliphatic carbocycles. The van der Waals surface area contributed by atoms with Gasteiger partial charge in [0.1, 0.15) is 5.02 Å². The molecule has 0 spiro atoms. The van der Waals surface area contributed by atoms with Crippen LogP contribution < -0.4 is 14.8 Å². The Hall–Kier alpha value is -1.04. The number of nitrogens with one attached hydrogen (secondary N) is 1. The maximum Gasteiger partial charge on any atom is 0.182 e. The largest absolute Gasteiger partial charge is 0.493 e. The van der Waals surface area contributed by atoms with Gasteiger partial charge in [0.2, 0.25) is 0 Å². The summed E-state index contributed by atoms with van der Waals surface area (Å²) in [6.45, 7) is 0.211. The third kappa shape index (κ3) is 2.80. The quantitative estimate of drug-likeness (QED) is 0.850. The van der Waals surface area contributed by atoms with Gasteiger partial charge in [-0.1, -0.05) is 11.6 Å². The number of methoxy groups -OCH3 is 2. The molecular weight excluding hydrogens is 249 g/mol. The van der Waals surface area contributed by atoms with E-state index >= 15 is 0 Å². The first-order valence-electron chi connectivity index (χ1n) is 4.99. The van der Waals surface area contributed by atoms with E-state index in [9.17, 15) is 9.50 Å². The lowest BCUT2D eigenvalue weighted by Gasteiger charge is -2.16. The molecule has 1 rings (SSSR count). The van der Waals surface area contributed by atoms with Crippen LogP contribution in [0.4, 0.5) is 4.39 Å². The normalized spacial score (nSPS) is 12.4. The highest BCUT2D eigenvalue weighted by Crippen LogP contribution is 2.40. The molecule has 1 aromatic carbocycles. The van der Waals surface area contributed by atoms with Gasteiger partial charge >= 0.3 is 0 Å². The molecule has 0 saturated heterocycles. The van der Waals surface area contributed by atoms with Crippen LogP contribution in [0.1, 0.15) is 11.7 Å². The van der Waals surface area contributed by atoms with Gasteiger partial charge in [0.25, 0.3) is 0 Å². The van der Waals surface area contributed by atoms with Gasteiger partial charge in [-0.05, 0) is 13.1 Å². The lowest BCUT2D eigenvalue weighted by atomic mass is 10.1. The molecule has 6 heteroatoms. The Balaban J connectivity index is 3.28. The van der Waals surface area contributed by atoms with Crippen LogP contribution >= 0.6 is 11.6 Å². The average molecular weight is 264 g/mol. The summed E-state index contributed by atoms with van der Waals surface area (Å²) in [7, 11) is 4.44. The first-order chi connectivity index (χ1) is 8.06. The highest BCUT2D eigenvalue weighted by atomic mass is 35.5. The summed E-state index contributed by atoms with van der Waals surface area (Å²) in [5.74, 6) is -0.303. The SMILES string of the molecule is CNCC(O)c1cc(OC)c(OC)c(Cl)c1F. The maximum absolute atomic E-state index is 13.9. The molecule has 0 aromatic heterocycles. The fourth-order valence-electron chi connectivity index (χ4n) is 1.49. The second kappa shape index (κ2) is 6.05. The molecule has 96 valence electrons. The Morgan fingerprint density at radius 2 is 2.12 bits per heavy atom. The highest BCUT2D eigenvalue weighted by molar-refractivity contribution is 6.32. The minimum atomic E-state index is -1.00. The van der Waals surface area contributed by atoms with Gasteiger partial charge in [0, 0.05) is 12.1 Å². The van der Waals surface area contributed by atoms with Crippen molar-refractivity contribution in [1.29, 1.82) is 0 Å². The molecule has 0 radical (unpaired) electrons. The van der Waals surface area contributed by atoms with E-state index in [4.69, 9.17) is 21.1 Å². The fraction of sp³-hybridized carbons (Fsp3) is 0.455. The van der Waals surface area contributed by atoms with Gasteiger partial charge < -0.3 is 19.9 Å². The zero-order valence-electron chi connectivity index (χ0n) is 9.88. The van der Waals surface area contributed by atoms with Gasteiger partial charge in [-0.2, -0.15) is 0 Å². The van der Waals surface area contributed by atoms with E-state index in [2.05, 4.69) is 5.32 Å². The topological polar surface area (TPSA) is 50.7 Å². The second-order valence-electron chi connectivity index (χ2n) is 3.40. The van der Waals surface area contributed by atoms with Gasteiger partial charge in [-0.25, -0.2) is 4.39 Å². The van der Waals surface area contributed by atoms with E-state index in [1.54, 1.807) is 7.05 Å². The molecule has 1 atom stereocenters. The fourth-order valence-corrected chi connectivity index (χ4v) is 1.77. The van der Waals surface area contributed by atoms with Crippen LogP contribution in [0.3, 0.4) is 0 Å². The van der Waals surface area contributed by atoms with Crippen molar-refractivity contribution in [3.63, 3.8) is 0 Å². The van der Waals surface area contributed by atoms with Crippen molar-refractivity contribution in [2.75, 3.05) is 27.8 Å². The number of aliphatic hydroxyl groups is 1. The Labute approximate surface area is 104 Å². The molecule has 0 heterocycles. The Bertz CT molecular complexity index is 401. The minimum absolute atomic E-state index is 0.0713. The van der Waals surface area contributed by atoms with Crippen molar-refractivity contribution in [2.24, 2.45) is 0 Å². The molecular formula is C11H15ClFNO3. The predicted octanol–water partition coefficient (Wildman–Crippen LogP) is 1.75. The van der Waals surface area contributed by atoms with Crippen LogP contribution in [0.5, 0.6) is 11.5 Å². The molecule has 0 bridgehead atoms. The van der Waals surface area contributed by atoms with Crippen molar-refractivity contribution in [3.8, 4) is 11.5 Å². The molecule has 1 aromatic rings. The summed E-state index contributed by atoms with van der Waals surface area (Å²) >= 11 is 5.82. The minimum Gasteiger partial charge on any atom is -0.493 e. The van der Waals surface area contributed by atoms with Crippen LogP contribution in [0.25, 0.3) is 0 Å². The predicted molar refractivity (Wildman–Crippen MR) is 63.4 cm³/mol. The van der Waals surface area contributed by atoms with Gasteiger partial charge in [-0.3, -0.25) is 0 Å². The Kier molecular flexibility index (Phi) is 4.99. The monoisotopic (exact) mass is 263 g/mol. The zero-order chi connectivity index (χ0) is 13.0. The van der Waals surface area contributed by atoms with Crippen LogP contribution in [0, 0.1) is 5.82 Å². The number of ether oxygens (including phenoxy) is 2. The van der Waals surface area contributed by atoms with Crippen molar-refractivity contribution >= 4 is 11.6 Å². The third-order valence-electron chi connectivity index (χ3n) is 2.34. The van der Waals surface area contributed by atoms with E-state index in [1.807, 2.05) is 0 Å². The van der Waals surface area contributed by atoms with Gasteiger partial charge in [0.05, 0.1) is 20.3 Å². The number of halogens is 2. The van der Waals surface area contributed by atoms with E-state index in [0.717, 1.165) is 0 Å². The second-order valence-corrected chi connectivity index (χ2v) is 3.78. The lowest BCUT2D eigenvalue weighted by molar-refractivity contribution is 0.172. The van der Waals surface area contributed by atoms with Crippen LogP contribution in [-0.4, -0.2) is 32.9 Å². The summed E-state index contributed by atoms with van der Waals surface area (Å²) in [6, 6.07) is 1.38. The summed E-state index contributed by atoms with van der Waals surface area (Å²) in [4.78, 5) is 0. The molecule has 0 fully saturated rings. The van der Waals surface area contributed by atoms with E-state index < -0.39 is 11.9 Å². The average Bonchev–Trinajstić information content (AvgIpc) is 2.32.